The van der Waals surface area contributed by atoms with Gasteiger partial charge >= 0.3 is 5.69 Å². The molecule has 4 rings (SSSR count). The Kier molecular flexibility index (Phi) is 8.53. The van der Waals surface area contributed by atoms with E-state index < -0.39 is 11.2 Å². The molecular formula is C30H32N4O4. The second-order valence-corrected chi connectivity index (χ2v) is 9.54. The summed E-state index contributed by atoms with van der Waals surface area (Å²) in [7, 11) is 0. The molecule has 8 nitrogen and oxygen atoms in total. The first-order valence-corrected chi connectivity index (χ1v) is 12.8. The minimum atomic E-state index is -0.548. The molecule has 0 saturated carbocycles. The average molecular weight is 513 g/mol. The van der Waals surface area contributed by atoms with Crippen LogP contribution in [0, 0.1) is 0 Å². The number of unbranched alkanes of at least 4 members (excludes halogenated alkanes) is 1. The Morgan fingerprint density at radius 3 is 2.08 bits per heavy atom. The van der Waals surface area contributed by atoms with E-state index >= 15 is 0 Å². The molecule has 0 unspecified atom stereocenters. The van der Waals surface area contributed by atoms with Gasteiger partial charge in [-0.15, -0.1) is 0 Å². The molecule has 0 bridgehead atoms. The molecule has 8 heteroatoms. The Balaban J connectivity index is 1.47. The van der Waals surface area contributed by atoms with Gasteiger partial charge in [-0.05, 0) is 60.7 Å². The molecule has 0 aliphatic carbocycles. The van der Waals surface area contributed by atoms with E-state index in [9.17, 15) is 19.2 Å². The molecule has 0 aliphatic rings. The highest BCUT2D eigenvalue weighted by atomic mass is 16.2. The lowest BCUT2D eigenvalue weighted by molar-refractivity contribution is -0.117. The van der Waals surface area contributed by atoms with Gasteiger partial charge in [0.15, 0.2) is 0 Å². The molecule has 0 atom stereocenters. The lowest BCUT2D eigenvalue weighted by Gasteiger charge is -2.14. The summed E-state index contributed by atoms with van der Waals surface area (Å²) in [6, 6.07) is 23.6. The number of carbonyl (C=O) groups excluding carboxylic acids is 2. The third-order valence-corrected chi connectivity index (χ3v) is 6.39. The second kappa shape index (κ2) is 12.2. The van der Waals surface area contributed by atoms with E-state index in [1.807, 2.05) is 54.6 Å². The van der Waals surface area contributed by atoms with E-state index in [0.29, 0.717) is 35.3 Å². The van der Waals surface area contributed by atoms with Crippen molar-refractivity contribution in [3.05, 3.63) is 105 Å². The Labute approximate surface area is 220 Å². The molecule has 0 saturated heterocycles. The maximum Gasteiger partial charge on any atom is 0.331 e. The molecule has 4 aromatic rings. The zero-order chi connectivity index (χ0) is 27.1. The van der Waals surface area contributed by atoms with Crippen molar-refractivity contribution >= 4 is 34.1 Å². The fraction of sp³-hybridized carbons (Fsp3) is 0.267. The number of aromatic nitrogens is 2. The van der Waals surface area contributed by atoms with Crippen molar-refractivity contribution in [2.45, 2.75) is 52.1 Å². The number of nitrogens with one attached hydrogen (secondary N) is 2. The minimum absolute atomic E-state index is 0.127. The largest absolute Gasteiger partial charge is 0.331 e. The van der Waals surface area contributed by atoms with E-state index in [1.54, 1.807) is 24.3 Å². The van der Waals surface area contributed by atoms with Crippen LogP contribution in [0.1, 0.15) is 44.6 Å². The van der Waals surface area contributed by atoms with Gasteiger partial charge in [-0.3, -0.25) is 23.5 Å². The lowest BCUT2D eigenvalue weighted by Crippen LogP contribution is -2.41. The predicted octanol–water partition coefficient (Wildman–Crippen LogP) is 4.73. The van der Waals surface area contributed by atoms with Crippen LogP contribution in [0.3, 0.4) is 0 Å². The van der Waals surface area contributed by atoms with Gasteiger partial charge in [0, 0.05) is 24.3 Å². The molecule has 2 N–H and O–H groups in total. The van der Waals surface area contributed by atoms with Crippen LogP contribution in [0.4, 0.5) is 11.4 Å². The summed E-state index contributed by atoms with van der Waals surface area (Å²) in [6.45, 7) is 4.11. The smallest absolute Gasteiger partial charge is 0.326 e. The van der Waals surface area contributed by atoms with Gasteiger partial charge < -0.3 is 10.6 Å². The van der Waals surface area contributed by atoms with Crippen LogP contribution in [-0.4, -0.2) is 20.9 Å². The highest BCUT2D eigenvalue weighted by Crippen LogP contribution is 2.17. The molecule has 1 heterocycles. The van der Waals surface area contributed by atoms with Crippen molar-refractivity contribution in [3.8, 4) is 0 Å². The number of amides is 2. The first kappa shape index (κ1) is 26.6. The van der Waals surface area contributed by atoms with Gasteiger partial charge in [0.1, 0.15) is 6.54 Å². The summed E-state index contributed by atoms with van der Waals surface area (Å²) in [5.41, 5.74) is 1.98. The summed E-state index contributed by atoms with van der Waals surface area (Å²) in [5, 5.41) is 6.03. The van der Waals surface area contributed by atoms with Crippen LogP contribution in [0.2, 0.25) is 0 Å². The fourth-order valence-electron chi connectivity index (χ4n) is 4.32. The van der Waals surface area contributed by atoms with E-state index in [0.717, 1.165) is 15.8 Å². The van der Waals surface area contributed by atoms with Crippen LogP contribution in [0.15, 0.2) is 88.5 Å². The van der Waals surface area contributed by atoms with Gasteiger partial charge in [0.05, 0.1) is 10.9 Å². The van der Waals surface area contributed by atoms with Crippen molar-refractivity contribution in [1.82, 2.24) is 9.13 Å². The van der Waals surface area contributed by atoms with Crippen LogP contribution in [-0.2, 0) is 22.7 Å². The molecule has 0 radical (unpaired) electrons. The highest BCUT2D eigenvalue weighted by Gasteiger charge is 2.15. The van der Waals surface area contributed by atoms with Crippen LogP contribution in [0.5, 0.6) is 0 Å². The fourth-order valence-corrected chi connectivity index (χ4v) is 4.32. The summed E-state index contributed by atoms with van der Waals surface area (Å²) in [5.74, 6) is -0.112. The average Bonchev–Trinajstić information content (AvgIpc) is 2.91. The van der Waals surface area contributed by atoms with Crippen LogP contribution >= 0.6 is 0 Å². The number of carbonyl (C=O) groups is 2. The molecule has 196 valence electrons. The number of nitrogens with zero attached hydrogens (tertiary/aromatic N) is 2. The summed E-state index contributed by atoms with van der Waals surface area (Å²) in [6.07, 6.45) is 1.23. The summed E-state index contributed by atoms with van der Waals surface area (Å²) < 4.78 is 2.48. The zero-order valence-corrected chi connectivity index (χ0v) is 21.6. The Morgan fingerprint density at radius 1 is 0.737 bits per heavy atom. The third-order valence-electron chi connectivity index (χ3n) is 6.39. The van der Waals surface area contributed by atoms with Crippen molar-refractivity contribution in [2.24, 2.45) is 0 Å². The quantitative estimate of drug-likeness (QED) is 0.300. The van der Waals surface area contributed by atoms with E-state index in [4.69, 9.17) is 0 Å². The third kappa shape index (κ3) is 6.45. The first-order valence-electron chi connectivity index (χ1n) is 12.8. The minimum Gasteiger partial charge on any atom is -0.326 e. The number of fused-ring (bicyclic) bond motifs is 1. The van der Waals surface area contributed by atoms with E-state index in [1.165, 1.54) is 4.57 Å². The maximum atomic E-state index is 13.3. The van der Waals surface area contributed by atoms with Gasteiger partial charge in [-0.1, -0.05) is 56.3 Å². The number of rotatable bonds is 10. The number of para-hydroxylation sites is 2. The molecule has 2 amide bonds. The summed E-state index contributed by atoms with van der Waals surface area (Å²) >= 11 is 0. The van der Waals surface area contributed by atoms with Crippen LogP contribution in [0.25, 0.3) is 10.9 Å². The van der Waals surface area contributed by atoms with Crippen molar-refractivity contribution < 1.29 is 9.59 Å². The number of anilines is 2. The standard InChI is InChI=1S/C30H32N4O4/c1-21(2)22-15-17-24(18-16-22)32-28(36)20-34-26-13-7-6-12-25(26)29(37)33(30(34)38)19-9-8-14-27(35)31-23-10-4-3-5-11-23/h3-7,10-13,15-18,21H,8-9,14,19-20H2,1-2H3,(H,31,35)(H,32,36). The number of hydrogen-bond acceptors (Lipinski definition) is 4. The van der Waals surface area contributed by atoms with Gasteiger partial charge in [-0.25, -0.2) is 4.79 Å². The van der Waals surface area contributed by atoms with Crippen molar-refractivity contribution in [2.75, 3.05) is 10.6 Å². The van der Waals surface area contributed by atoms with Crippen molar-refractivity contribution in [3.63, 3.8) is 0 Å². The number of benzene rings is 3. The second-order valence-electron chi connectivity index (χ2n) is 9.54. The van der Waals surface area contributed by atoms with E-state index in [-0.39, 0.29) is 31.3 Å². The van der Waals surface area contributed by atoms with Gasteiger partial charge in [0.2, 0.25) is 11.8 Å². The molecular weight excluding hydrogens is 480 g/mol. The Bertz CT molecular complexity index is 1540. The van der Waals surface area contributed by atoms with Gasteiger partial charge in [-0.2, -0.15) is 0 Å². The zero-order valence-electron chi connectivity index (χ0n) is 21.6. The van der Waals surface area contributed by atoms with Crippen molar-refractivity contribution in [1.29, 1.82) is 0 Å². The number of hydrogen-bond donors (Lipinski definition) is 2. The molecule has 1 aromatic heterocycles. The normalized spacial score (nSPS) is 11.0. The Morgan fingerprint density at radius 2 is 1.37 bits per heavy atom. The Hall–Kier alpha value is -4.46. The molecule has 0 aliphatic heterocycles. The van der Waals surface area contributed by atoms with Crippen LogP contribution < -0.4 is 21.9 Å². The molecule has 0 fully saturated rings. The molecule has 3 aromatic carbocycles. The lowest BCUT2D eigenvalue weighted by atomic mass is 10.0. The summed E-state index contributed by atoms with van der Waals surface area (Å²) in [4.78, 5) is 51.5. The predicted molar refractivity (Wildman–Crippen MR) is 151 cm³/mol. The topological polar surface area (TPSA) is 102 Å². The van der Waals surface area contributed by atoms with Gasteiger partial charge in [0.25, 0.3) is 5.56 Å². The van der Waals surface area contributed by atoms with E-state index in [2.05, 4.69) is 24.5 Å². The first-order chi connectivity index (χ1) is 18.3. The SMILES string of the molecule is CC(C)c1ccc(NC(=O)Cn2c(=O)n(CCCCC(=O)Nc3ccccc3)c(=O)c3ccccc32)cc1. The molecule has 0 spiro atoms. The maximum absolute atomic E-state index is 13.3. The highest BCUT2D eigenvalue weighted by molar-refractivity contribution is 5.92. The monoisotopic (exact) mass is 512 g/mol. The molecule has 38 heavy (non-hydrogen) atoms.